The molecule has 2 rings (SSSR count). The Balaban J connectivity index is -0.000000182. The molecule has 0 aliphatic rings. The van der Waals surface area contributed by atoms with E-state index in [9.17, 15) is 61.9 Å². The van der Waals surface area contributed by atoms with Gasteiger partial charge in [0.05, 0.1) is 77.8 Å². The summed E-state index contributed by atoms with van der Waals surface area (Å²) in [6.45, 7) is 38.6. The molecule has 0 aromatic heterocycles. The highest BCUT2D eigenvalue weighted by molar-refractivity contribution is 5.92. The average molecular weight is 2110 g/mol. The molecular formula is C108H198F2N8O29. The summed E-state index contributed by atoms with van der Waals surface area (Å²) >= 11 is 0. The van der Waals surface area contributed by atoms with Crippen molar-refractivity contribution in [1.82, 2.24) is 21.3 Å². The zero-order valence-electron chi connectivity index (χ0n) is 91.9. The average Bonchev–Trinajstić information content (AvgIpc) is 0.904. The number of ether oxygens (including phenoxy) is 17. The van der Waals surface area contributed by atoms with E-state index in [1.54, 1.807) is 119 Å². The summed E-state index contributed by atoms with van der Waals surface area (Å²) in [5.41, 5.74) is 3.67. The number of halogens is 2. The quantitative estimate of drug-likeness (QED) is 0.0100. The Morgan fingerprint density at radius 2 is 0.551 bits per heavy atom. The van der Waals surface area contributed by atoms with Crippen LogP contribution in [-0.2, 0) is 138 Å². The lowest BCUT2D eigenvalue weighted by molar-refractivity contribution is -0.153. The molecule has 0 bridgehead atoms. The minimum absolute atomic E-state index is 0. The number of carbonyl (C=O) groups excluding carboxylic acids is 12. The van der Waals surface area contributed by atoms with Crippen LogP contribution in [0.4, 0.5) is 31.8 Å². The zero-order valence-corrected chi connectivity index (χ0v) is 91.9. The first-order valence-corrected chi connectivity index (χ1v) is 49.9. The van der Waals surface area contributed by atoms with Gasteiger partial charge < -0.3 is 123 Å². The van der Waals surface area contributed by atoms with E-state index in [1.165, 1.54) is 160 Å². The van der Waals surface area contributed by atoms with Gasteiger partial charge in [0.1, 0.15) is 32.1 Å². The first-order valence-electron chi connectivity index (χ1n) is 49.9. The van der Waals surface area contributed by atoms with Gasteiger partial charge >= 0.3 is 23.9 Å². The van der Waals surface area contributed by atoms with Crippen molar-refractivity contribution in [2.24, 2.45) is 0 Å². The van der Waals surface area contributed by atoms with Crippen LogP contribution in [0, 0.1) is 0 Å². The second kappa shape index (κ2) is 120. The molecule has 0 aliphatic heterocycles. The van der Waals surface area contributed by atoms with E-state index in [4.69, 9.17) is 80.5 Å². The summed E-state index contributed by atoms with van der Waals surface area (Å²) in [5, 5.41) is 21.5. The fourth-order valence-corrected chi connectivity index (χ4v) is 11.6. The van der Waals surface area contributed by atoms with Crippen molar-refractivity contribution < 1.29 is 147 Å². The van der Waals surface area contributed by atoms with Gasteiger partial charge in [-0.15, -0.1) is 0 Å². The number of hydrogen-bond acceptors (Lipinski definition) is 29. The Bertz CT molecular complexity index is 3220. The zero-order chi connectivity index (χ0) is 110. The first kappa shape index (κ1) is 157. The number of amides is 8. The van der Waals surface area contributed by atoms with Gasteiger partial charge in [0.25, 0.3) is 0 Å². The van der Waals surface area contributed by atoms with Crippen LogP contribution in [0.15, 0.2) is 98.1 Å². The summed E-state index contributed by atoms with van der Waals surface area (Å²) in [6, 6.07) is 13.8. The largest absolute Gasteiger partial charge is 0.462 e. The van der Waals surface area contributed by atoms with E-state index < -0.39 is 24.9 Å². The van der Waals surface area contributed by atoms with Crippen molar-refractivity contribution in [3.63, 3.8) is 0 Å². The maximum atomic E-state index is 11.5. The minimum atomic E-state index is -0.496. The second-order valence-corrected chi connectivity index (χ2v) is 33.0. The third kappa shape index (κ3) is 127. The van der Waals surface area contributed by atoms with Gasteiger partial charge in [-0.1, -0.05) is 177 Å². The van der Waals surface area contributed by atoms with Crippen molar-refractivity contribution in [2.75, 3.05) is 211 Å². The highest BCUT2D eigenvalue weighted by Gasteiger charge is 2.16. The topological polar surface area (TPSA) is 458 Å². The molecule has 39 heteroatoms. The van der Waals surface area contributed by atoms with Crippen LogP contribution >= 0.6 is 0 Å². The fourth-order valence-electron chi connectivity index (χ4n) is 11.6. The van der Waals surface area contributed by atoms with E-state index in [2.05, 4.69) is 75.8 Å². The molecule has 8 amide bonds. The van der Waals surface area contributed by atoms with Gasteiger partial charge in [0, 0.05) is 225 Å². The Morgan fingerprint density at radius 1 is 0.299 bits per heavy atom. The van der Waals surface area contributed by atoms with Crippen LogP contribution in [0.25, 0.3) is 0 Å². The Morgan fingerprint density at radius 3 is 0.776 bits per heavy atom. The molecule has 6 atom stereocenters. The second-order valence-electron chi connectivity index (χ2n) is 33.0. The summed E-state index contributed by atoms with van der Waals surface area (Å²) in [6.07, 6.45) is 36.0. The molecule has 8 N–H and O–H groups in total. The molecule has 147 heavy (non-hydrogen) atoms. The van der Waals surface area contributed by atoms with E-state index in [1.807, 2.05) is 0 Å². The summed E-state index contributed by atoms with van der Waals surface area (Å²) in [5.74, 6) is -2.01. The maximum Gasteiger partial charge on any atom is 0.333 e. The maximum absolute atomic E-state index is 11.5. The lowest BCUT2D eigenvalue weighted by atomic mass is 10.0. The Labute approximate surface area is 881 Å². The third-order valence-corrected chi connectivity index (χ3v) is 19.4. The molecule has 0 radical (unpaired) electrons. The Kier molecular flexibility index (Phi) is 128. The minimum Gasteiger partial charge on any atom is -0.462 e. The number of benzene rings is 2. The van der Waals surface area contributed by atoms with E-state index in [0.717, 1.165) is 128 Å². The SMILES string of the molecule is C.C.C=C(C)C(=O)OCCC(COC)OC.C=C(C)C(=O)OCCC(COC)OC.C=CC(=O)OCC(COCCCCCCOCC(COC(=O)C=C)OC)OC.CC(=O)NCCCCCCNC(C)=O.CC(=O)NCCCCCCNC(C)=O.CC(=O)Nc1ccc(NC(C)=O)cc1.CC(=O)Nc1ccc(NC(C)=O)cc1.CCCCCCCCCCCCCCCCC(COC)OC.COCC(OC)OCCF.F. The molecule has 0 aliphatic carbocycles. The summed E-state index contributed by atoms with van der Waals surface area (Å²) in [7, 11) is 16.1. The number of hydrogen-bond donors (Lipinski definition) is 8. The van der Waals surface area contributed by atoms with E-state index >= 15 is 0 Å². The molecule has 2 aromatic carbocycles. The Hall–Kier alpha value is -9.62. The molecule has 37 nitrogen and oxygen atoms in total. The predicted octanol–water partition coefficient (Wildman–Crippen LogP) is 17.8. The van der Waals surface area contributed by atoms with Gasteiger partial charge in [-0.05, 0) is 107 Å². The number of unbranched alkanes of at least 4 members (excludes halogenated alkanes) is 22. The molecule has 0 saturated carbocycles. The van der Waals surface area contributed by atoms with Gasteiger partial charge in [-0.25, -0.2) is 23.6 Å². The number of anilines is 4. The standard InChI is InChI=1S/C20H34O8.C20H42O2.2C10H12N2O2.2C10H20N2O2.2C10H18O4.C6H13FO3.2CH4.FH/c1-5-19(21)27-15-17(23-3)13-25-11-9-7-8-10-12-26-14-18(24-4)16-28-20(22)6-2;1-4-5-6-7-8-9-10-11-12-13-14-15-16-17-18-20(22-3)19-21-2;2*1-7(13)11-9-3-5-10(6-4-9)12-8(2)14;2*1-9(13)11-7-5-3-4-6-8-12-10(2)14;2*1-8(2)10(11)14-6-5-9(13-4)7-12-3;1-8-5-6(9-2)10-4-3-7;;;/h5-6,17-18H,1-2,7-16H2,3-4H3;20H,4-19H2,1-3H3;2*3-6H,1-2H3,(H,11,13)(H,12,14);2*3-8H2,1-2H3,(H,11,13)(H,12,14);2*9H,1,5-7H2,2-4H3;6H,3-5H2,1-2H3;2*1H4;1H. The van der Waals surface area contributed by atoms with Gasteiger partial charge in [-0.3, -0.25) is 43.1 Å². The monoisotopic (exact) mass is 2110 g/mol. The van der Waals surface area contributed by atoms with Crippen LogP contribution < -0.4 is 42.5 Å². The molecule has 6 unspecified atom stereocenters. The van der Waals surface area contributed by atoms with Crippen LogP contribution in [0.2, 0.25) is 0 Å². The van der Waals surface area contributed by atoms with Crippen molar-refractivity contribution in [1.29, 1.82) is 0 Å². The predicted molar refractivity (Wildman–Crippen MR) is 580 cm³/mol. The van der Waals surface area contributed by atoms with Crippen LogP contribution in [-0.4, -0.2) is 298 Å². The van der Waals surface area contributed by atoms with Crippen molar-refractivity contribution in [3.05, 3.63) is 98.1 Å². The van der Waals surface area contributed by atoms with Crippen LogP contribution in [0.3, 0.4) is 0 Å². The molecule has 0 fully saturated rings. The number of alkyl halides is 1. The number of nitrogens with one attached hydrogen (secondary N) is 8. The normalized spacial score (nSPS) is 11.2. The van der Waals surface area contributed by atoms with Crippen LogP contribution in [0.5, 0.6) is 0 Å². The van der Waals surface area contributed by atoms with Crippen LogP contribution in [0.1, 0.15) is 277 Å². The fraction of sp³-hybridized carbons (Fsp3) is 0.704. The smallest absolute Gasteiger partial charge is 0.333 e. The van der Waals surface area contributed by atoms with E-state index in [0.29, 0.717) is 112 Å². The summed E-state index contributed by atoms with van der Waals surface area (Å²) < 4.78 is 97.5. The molecule has 858 valence electrons. The number of esters is 4. The molecule has 0 spiro atoms. The molecule has 0 saturated heterocycles. The van der Waals surface area contributed by atoms with Gasteiger partial charge in [0.2, 0.25) is 47.3 Å². The highest BCUT2D eigenvalue weighted by atomic mass is 19.1. The third-order valence-electron chi connectivity index (χ3n) is 19.4. The number of methoxy groups -OCH3 is 10. The first-order chi connectivity index (χ1) is 68.9. The van der Waals surface area contributed by atoms with Crippen molar-refractivity contribution in [3.8, 4) is 0 Å². The molecular weight excluding hydrogens is 1910 g/mol. The van der Waals surface area contributed by atoms with Gasteiger partial charge in [-0.2, -0.15) is 0 Å². The van der Waals surface area contributed by atoms with Crippen molar-refractivity contribution in [2.45, 2.75) is 314 Å². The highest BCUT2D eigenvalue weighted by Crippen LogP contribution is 2.18. The van der Waals surface area contributed by atoms with Gasteiger partial charge in [0.15, 0.2) is 6.29 Å². The lowest BCUT2D eigenvalue weighted by Gasteiger charge is -2.15. The lowest BCUT2D eigenvalue weighted by Crippen LogP contribution is -2.26. The summed E-state index contributed by atoms with van der Waals surface area (Å²) in [4.78, 5) is 129. The van der Waals surface area contributed by atoms with E-state index in [-0.39, 0.29) is 123 Å². The number of rotatable bonds is 75. The van der Waals surface area contributed by atoms with Crippen molar-refractivity contribution >= 4 is 93.9 Å². The molecule has 2 aromatic rings. The number of carbonyl (C=O) groups is 12. The molecule has 0 heterocycles.